The molecule has 2 aliphatic carbocycles. The molecular formula is C19H22N5O2+. The van der Waals surface area contributed by atoms with E-state index in [1.807, 2.05) is 41.9 Å². The lowest BCUT2D eigenvalue weighted by Gasteiger charge is -2.40. The number of nitrogens with zero attached hydrogens (tertiary/aromatic N) is 5. The van der Waals surface area contributed by atoms with Crippen LogP contribution in [0.5, 0.6) is 0 Å². The van der Waals surface area contributed by atoms with Crippen LogP contribution in [0.25, 0.3) is 11.3 Å². The second-order valence-electron chi connectivity index (χ2n) is 7.39. The molecule has 7 nitrogen and oxygen atoms in total. The number of fused-ring (bicyclic) bond motifs is 3. The first kappa shape index (κ1) is 16.6. The van der Waals surface area contributed by atoms with Gasteiger partial charge in [-0.3, -0.25) is 14.3 Å². The third-order valence-corrected chi connectivity index (χ3v) is 5.89. The number of carbonyl (C=O) groups excluding carboxylic acids is 1. The van der Waals surface area contributed by atoms with E-state index >= 15 is 0 Å². The summed E-state index contributed by atoms with van der Waals surface area (Å²) in [5.74, 6) is 0.154. The van der Waals surface area contributed by atoms with Crippen LogP contribution in [0.2, 0.25) is 0 Å². The predicted octanol–water partition coefficient (Wildman–Crippen LogP) is 1.01. The molecule has 2 aromatic heterocycles. The Morgan fingerprint density at radius 2 is 2.23 bits per heavy atom. The molecule has 0 radical (unpaired) electrons. The third-order valence-electron chi connectivity index (χ3n) is 5.89. The average Bonchev–Trinajstić information content (AvgIpc) is 3.14. The number of allylic oxidation sites excluding steroid dienone is 2. The fraction of sp³-hybridized carbons (Fsp3) is 0.474. The van der Waals surface area contributed by atoms with Gasteiger partial charge in [0.15, 0.2) is 12.9 Å². The van der Waals surface area contributed by atoms with Crippen molar-refractivity contribution in [2.24, 2.45) is 20.0 Å². The smallest absolute Gasteiger partial charge is 0.263 e. The van der Waals surface area contributed by atoms with Gasteiger partial charge in [-0.25, -0.2) is 0 Å². The van der Waals surface area contributed by atoms with Crippen molar-refractivity contribution in [3.8, 4) is 17.3 Å². The Balaban J connectivity index is 1.90. The maximum atomic E-state index is 12.2. The summed E-state index contributed by atoms with van der Waals surface area (Å²) in [7, 11) is 5.49. The maximum Gasteiger partial charge on any atom is 0.263 e. The van der Waals surface area contributed by atoms with Crippen molar-refractivity contribution < 1.29 is 14.5 Å². The van der Waals surface area contributed by atoms with Crippen LogP contribution in [0.3, 0.4) is 0 Å². The molecule has 4 rings (SSSR count). The molecule has 2 heterocycles. The number of hydrogen-bond acceptors (Lipinski definition) is 4. The van der Waals surface area contributed by atoms with Crippen LogP contribution in [0.15, 0.2) is 24.0 Å². The molecule has 0 fully saturated rings. The zero-order chi connectivity index (χ0) is 18.6. The fourth-order valence-corrected chi connectivity index (χ4v) is 4.52. The molecule has 2 aromatic rings. The molecule has 2 aliphatic rings. The number of carbonyl (C=O) groups is 1. The molecule has 0 aromatic carbocycles. The van der Waals surface area contributed by atoms with E-state index in [9.17, 15) is 10.1 Å². The van der Waals surface area contributed by atoms with Crippen LogP contribution in [0, 0.1) is 17.2 Å². The van der Waals surface area contributed by atoms with Gasteiger partial charge in [0.2, 0.25) is 0 Å². The molecule has 0 amide bonds. The lowest BCUT2D eigenvalue weighted by Crippen LogP contribution is -2.46. The van der Waals surface area contributed by atoms with Crippen LogP contribution in [-0.4, -0.2) is 27.4 Å². The van der Waals surface area contributed by atoms with E-state index in [0.29, 0.717) is 6.42 Å². The summed E-state index contributed by atoms with van der Waals surface area (Å²) in [6.45, 7) is 2.11. The molecule has 26 heavy (non-hydrogen) atoms. The van der Waals surface area contributed by atoms with Gasteiger partial charge in [-0.2, -0.15) is 10.4 Å². The molecule has 7 heteroatoms. The quantitative estimate of drug-likeness (QED) is 0.756. The van der Waals surface area contributed by atoms with Crippen LogP contribution < -0.4 is 9.68 Å². The number of nitriles is 1. The number of aromatic nitrogens is 4. The van der Waals surface area contributed by atoms with Gasteiger partial charge in [0.1, 0.15) is 6.07 Å². The third kappa shape index (κ3) is 2.15. The summed E-state index contributed by atoms with van der Waals surface area (Å²) in [6.07, 6.45) is 8.02. The molecular weight excluding hydrogens is 330 g/mol. The molecule has 0 saturated heterocycles. The van der Waals surface area contributed by atoms with Crippen molar-refractivity contribution in [1.82, 2.24) is 14.5 Å². The van der Waals surface area contributed by atoms with E-state index < -0.39 is 0 Å². The first-order chi connectivity index (χ1) is 12.4. The molecule has 134 valence electrons. The highest BCUT2D eigenvalue weighted by Crippen LogP contribution is 2.49. The highest BCUT2D eigenvalue weighted by Gasteiger charge is 2.47. The second kappa shape index (κ2) is 5.56. The van der Waals surface area contributed by atoms with Gasteiger partial charge in [-0.05, 0) is 18.8 Å². The van der Waals surface area contributed by atoms with Crippen molar-refractivity contribution in [2.45, 2.75) is 31.6 Å². The van der Waals surface area contributed by atoms with Crippen molar-refractivity contribution >= 4 is 5.78 Å². The first-order valence-electron chi connectivity index (χ1n) is 8.74. The first-order valence-corrected chi connectivity index (χ1v) is 8.74. The Morgan fingerprint density at radius 1 is 1.46 bits per heavy atom. The SMILES string of the molecule is CO[n+]1cc(-c2c3c(nn2C)C2(C)C=C(C#N)C(=O)CC2CC3)cn1C. The monoisotopic (exact) mass is 352 g/mol. The summed E-state index contributed by atoms with van der Waals surface area (Å²) < 4.78 is 3.78. The number of Topliss-reactive ketones (excluding diaryl/α,β-unsaturated/α-hetero) is 1. The van der Waals surface area contributed by atoms with E-state index in [4.69, 9.17) is 9.94 Å². The predicted molar refractivity (Wildman–Crippen MR) is 92.8 cm³/mol. The Kier molecular flexibility index (Phi) is 3.55. The fourth-order valence-electron chi connectivity index (χ4n) is 4.52. The van der Waals surface area contributed by atoms with Crippen molar-refractivity contribution in [1.29, 1.82) is 5.26 Å². The summed E-state index contributed by atoms with van der Waals surface area (Å²) in [4.78, 5) is 19.1. The molecule has 2 atom stereocenters. The Morgan fingerprint density at radius 3 is 2.88 bits per heavy atom. The van der Waals surface area contributed by atoms with Gasteiger partial charge in [-0.1, -0.05) is 13.0 Å². The van der Waals surface area contributed by atoms with Crippen LogP contribution in [-0.2, 0) is 30.7 Å². The molecule has 0 spiro atoms. The lowest BCUT2D eigenvalue weighted by atomic mass is 9.61. The molecule has 2 unspecified atom stereocenters. The van der Waals surface area contributed by atoms with Gasteiger partial charge in [0.25, 0.3) is 6.20 Å². The Bertz CT molecular complexity index is 990. The Hall–Kier alpha value is -2.88. The van der Waals surface area contributed by atoms with E-state index in [1.165, 1.54) is 5.56 Å². The highest BCUT2D eigenvalue weighted by atomic mass is 16.7. The normalized spacial score (nSPS) is 24.5. The molecule has 0 N–H and O–H groups in total. The average molecular weight is 352 g/mol. The zero-order valence-corrected chi connectivity index (χ0v) is 15.5. The molecule has 0 aliphatic heterocycles. The minimum atomic E-state index is -0.380. The summed E-state index contributed by atoms with van der Waals surface area (Å²) in [5, 5.41) is 14.2. The number of ketones is 1. The summed E-state index contributed by atoms with van der Waals surface area (Å²) >= 11 is 0. The van der Waals surface area contributed by atoms with Gasteiger partial charge >= 0.3 is 0 Å². The topological polar surface area (TPSA) is 76.7 Å². The largest absolute Gasteiger partial charge is 0.293 e. The Labute approximate surface area is 152 Å². The minimum Gasteiger partial charge on any atom is -0.293 e. The summed E-state index contributed by atoms with van der Waals surface area (Å²) in [5.41, 5.74) is 4.16. The number of rotatable bonds is 2. The van der Waals surface area contributed by atoms with Crippen LogP contribution in [0.4, 0.5) is 0 Å². The van der Waals surface area contributed by atoms with Crippen molar-refractivity contribution in [3.63, 3.8) is 0 Å². The van der Waals surface area contributed by atoms with Gasteiger partial charge in [0, 0.05) is 24.4 Å². The van der Waals surface area contributed by atoms with E-state index in [2.05, 4.69) is 13.0 Å². The summed E-state index contributed by atoms with van der Waals surface area (Å²) in [6, 6.07) is 2.07. The zero-order valence-electron chi connectivity index (χ0n) is 15.5. The van der Waals surface area contributed by atoms with Crippen LogP contribution >= 0.6 is 0 Å². The van der Waals surface area contributed by atoms with E-state index in [0.717, 1.165) is 29.8 Å². The molecule has 0 bridgehead atoms. The molecule has 0 saturated carbocycles. The van der Waals surface area contributed by atoms with Crippen molar-refractivity contribution in [3.05, 3.63) is 35.3 Å². The minimum absolute atomic E-state index is 0.0428. The number of aryl methyl sites for hydroxylation is 2. The maximum absolute atomic E-state index is 12.2. The second-order valence-corrected chi connectivity index (χ2v) is 7.39. The van der Waals surface area contributed by atoms with E-state index in [1.54, 1.807) is 12.0 Å². The van der Waals surface area contributed by atoms with Gasteiger partial charge in [-0.15, -0.1) is 4.68 Å². The van der Waals surface area contributed by atoms with Crippen LogP contribution in [0.1, 0.15) is 31.0 Å². The van der Waals surface area contributed by atoms with Gasteiger partial charge < -0.3 is 0 Å². The lowest BCUT2D eigenvalue weighted by molar-refractivity contribution is -0.944. The highest BCUT2D eigenvalue weighted by molar-refractivity contribution is 6.00. The number of hydrogen-bond donors (Lipinski definition) is 0. The van der Waals surface area contributed by atoms with Crippen molar-refractivity contribution in [2.75, 3.05) is 7.11 Å². The standard InChI is InChI=1S/C19H22N5O2/c1-19-8-12(9-20)16(25)7-14(19)5-6-15-17(23(3)21-18(15)19)13-10-22(2)24(11-13)26-4/h8,10-11,14H,5-7H2,1-4H3/q+1. The van der Waals surface area contributed by atoms with Gasteiger partial charge in [0.05, 0.1) is 40.6 Å². The van der Waals surface area contributed by atoms with E-state index in [-0.39, 0.29) is 22.7 Å².